The number of nitrogens with zero attached hydrogens (tertiary/aromatic N) is 4. The van der Waals surface area contributed by atoms with Gasteiger partial charge < -0.3 is 20.3 Å². The summed E-state index contributed by atoms with van der Waals surface area (Å²) in [6.45, 7) is 13.1. The number of hydrogen-bond donors (Lipinski definition) is 2. The molecule has 2 aliphatic rings. The normalized spacial score (nSPS) is 22.1. The van der Waals surface area contributed by atoms with Crippen molar-refractivity contribution < 1.29 is 9.53 Å². The molecule has 0 unspecified atom stereocenters. The topological polar surface area (TPSA) is 72.4 Å². The molecule has 0 aliphatic carbocycles. The van der Waals surface area contributed by atoms with Gasteiger partial charge in [0.25, 0.3) is 0 Å². The lowest BCUT2D eigenvalue weighted by Crippen LogP contribution is -2.55. The van der Waals surface area contributed by atoms with Crippen LogP contribution in [-0.4, -0.2) is 112 Å². The maximum Gasteiger partial charge on any atom is 0.234 e. The number of ether oxygens (including phenoxy) is 1. The number of methoxy groups -OCH3 is 1. The molecule has 0 aromatic heterocycles. The molecule has 2 saturated heterocycles. The molecule has 8 heteroatoms. The fourth-order valence-corrected chi connectivity index (χ4v) is 4.05. The molecule has 0 aromatic rings. The third-order valence-electron chi connectivity index (χ3n) is 5.47. The predicted molar refractivity (Wildman–Crippen MR) is 114 cm³/mol. The van der Waals surface area contributed by atoms with Crippen LogP contribution < -0.4 is 10.6 Å². The van der Waals surface area contributed by atoms with Gasteiger partial charge in [-0.15, -0.1) is 0 Å². The van der Waals surface area contributed by atoms with Gasteiger partial charge in [-0.1, -0.05) is 13.8 Å². The summed E-state index contributed by atoms with van der Waals surface area (Å²) in [5.41, 5.74) is 0. The number of piperazine rings is 1. The standard InChI is InChI=1S/C20H40N6O2/c1-17(2)15-26-8-5-6-18(26)14-23-20(21-3)25-11-9-24(10-12-25)16-19(27)22-7-13-28-4/h17-18H,5-16H2,1-4H3,(H,21,23)(H,22,27)/t18-/m1/s1. The lowest BCUT2D eigenvalue weighted by molar-refractivity contribution is -0.122. The van der Waals surface area contributed by atoms with E-state index in [1.54, 1.807) is 7.11 Å². The van der Waals surface area contributed by atoms with E-state index in [0.29, 0.717) is 31.7 Å². The Morgan fingerprint density at radius 1 is 1.18 bits per heavy atom. The lowest BCUT2D eigenvalue weighted by Gasteiger charge is -2.36. The Morgan fingerprint density at radius 2 is 1.93 bits per heavy atom. The Kier molecular flexibility index (Phi) is 10.0. The molecule has 0 radical (unpaired) electrons. The van der Waals surface area contributed by atoms with E-state index in [0.717, 1.165) is 38.7 Å². The van der Waals surface area contributed by atoms with Crippen LogP contribution in [0.5, 0.6) is 0 Å². The molecular weight excluding hydrogens is 356 g/mol. The van der Waals surface area contributed by atoms with Crippen molar-refractivity contribution in [1.82, 2.24) is 25.3 Å². The van der Waals surface area contributed by atoms with Gasteiger partial charge in [0.2, 0.25) is 5.91 Å². The molecule has 162 valence electrons. The van der Waals surface area contributed by atoms with Crippen LogP contribution in [0.3, 0.4) is 0 Å². The molecule has 2 fully saturated rings. The number of guanidine groups is 1. The minimum atomic E-state index is 0.0690. The van der Waals surface area contributed by atoms with Crippen LogP contribution in [-0.2, 0) is 9.53 Å². The monoisotopic (exact) mass is 396 g/mol. The molecular formula is C20H40N6O2. The Morgan fingerprint density at radius 3 is 2.57 bits per heavy atom. The fourth-order valence-electron chi connectivity index (χ4n) is 4.05. The van der Waals surface area contributed by atoms with Crippen molar-refractivity contribution >= 4 is 11.9 Å². The van der Waals surface area contributed by atoms with Gasteiger partial charge in [0.1, 0.15) is 0 Å². The maximum atomic E-state index is 12.0. The van der Waals surface area contributed by atoms with Gasteiger partial charge in [0.05, 0.1) is 13.2 Å². The first-order valence-corrected chi connectivity index (χ1v) is 10.7. The van der Waals surface area contributed by atoms with Crippen molar-refractivity contribution in [1.29, 1.82) is 0 Å². The average molecular weight is 397 g/mol. The number of hydrogen-bond acceptors (Lipinski definition) is 5. The van der Waals surface area contributed by atoms with E-state index in [4.69, 9.17) is 4.74 Å². The Hall–Kier alpha value is -1.38. The fraction of sp³-hybridized carbons (Fsp3) is 0.900. The van der Waals surface area contributed by atoms with Crippen LogP contribution in [0.2, 0.25) is 0 Å². The minimum Gasteiger partial charge on any atom is -0.383 e. The molecule has 0 saturated carbocycles. The Balaban J connectivity index is 1.71. The number of carbonyl (C=O) groups excluding carboxylic acids is 1. The Bertz CT molecular complexity index is 491. The summed E-state index contributed by atoms with van der Waals surface area (Å²) in [7, 11) is 3.50. The van der Waals surface area contributed by atoms with Crippen LogP contribution in [0.25, 0.3) is 0 Å². The average Bonchev–Trinajstić information content (AvgIpc) is 3.10. The summed E-state index contributed by atoms with van der Waals surface area (Å²) in [5, 5.41) is 6.48. The molecule has 2 heterocycles. The van der Waals surface area contributed by atoms with Crippen molar-refractivity contribution in [2.24, 2.45) is 10.9 Å². The van der Waals surface area contributed by atoms with Gasteiger partial charge in [-0.2, -0.15) is 0 Å². The van der Waals surface area contributed by atoms with Gasteiger partial charge in [-0.25, -0.2) is 0 Å². The van der Waals surface area contributed by atoms with E-state index in [1.807, 2.05) is 7.05 Å². The van der Waals surface area contributed by atoms with Crippen molar-refractivity contribution in [2.75, 3.05) is 79.7 Å². The smallest absolute Gasteiger partial charge is 0.234 e. The molecule has 28 heavy (non-hydrogen) atoms. The largest absolute Gasteiger partial charge is 0.383 e. The highest BCUT2D eigenvalue weighted by atomic mass is 16.5. The van der Waals surface area contributed by atoms with E-state index in [2.05, 4.69) is 44.2 Å². The molecule has 8 nitrogen and oxygen atoms in total. The number of carbonyl (C=O) groups is 1. The summed E-state index contributed by atoms with van der Waals surface area (Å²) in [4.78, 5) is 23.6. The van der Waals surface area contributed by atoms with Crippen LogP contribution in [0.1, 0.15) is 26.7 Å². The second-order valence-electron chi connectivity index (χ2n) is 8.22. The summed E-state index contributed by atoms with van der Waals surface area (Å²) >= 11 is 0. The first-order valence-electron chi connectivity index (χ1n) is 10.7. The van der Waals surface area contributed by atoms with Gasteiger partial charge in [-0.05, 0) is 25.3 Å². The van der Waals surface area contributed by atoms with Gasteiger partial charge >= 0.3 is 0 Å². The summed E-state index contributed by atoms with van der Waals surface area (Å²) in [5.74, 6) is 1.76. The second-order valence-corrected chi connectivity index (χ2v) is 8.22. The zero-order valence-corrected chi connectivity index (χ0v) is 18.2. The van der Waals surface area contributed by atoms with Gasteiger partial charge in [0, 0.05) is 66.0 Å². The van der Waals surface area contributed by atoms with Crippen LogP contribution >= 0.6 is 0 Å². The molecule has 2 N–H and O–H groups in total. The number of nitrogens with one attached hydrogen (secondary N) is 2. The van der Waals surface area contributed by atoms with E-state index in [-0.39, 0.29) is 5.91 Å². The molecule has 0 spiro atoms. The molecule has 0 bridgehead atoms. The lowest BCUT2D eigenvalue weighted by atomic mass is 10.1. The first kappa shape index (κ1) is 22.9. The van der Waals surface area contributed by atoms with Crippen molar-refractivity contribution in [3.63, 3.8) is 0 Å². The number of likely N-dealkylation sites (tertiary alicyclic amines) is 1. The quantitative estimate of drug-likeness (QED) is 0.326. The summed E-state index contributed by atoms with van der Waals surface area (Å²) in [6.07, 6.45) is 2.56. The third-order valence-corrected chi connectivity index (χ3v) is 5.47. The van der Waals surface area contributed by atoms with E-state index in [1.165, 1.54) is 25.9 Å². The molecule has 1 amide bonds. The molecule has 0 aromatic carbocycles. The maximum absolute atomic E-state index is 12.0. The first-order chi connectivity index (χ1) is 13.5. The van der Waals surface area contributed by atoms with Crippen molar-refractivity contribution in [3.8, 4) is 0 Å². The SMILES string of the molecule is CN=C(NC[C@H]1CCCN1CC(C)C)N1CCN(CC(=O)NCCOC)CC1. The highest BCUT2D eigenvalue weighted by molar-refractivity contribution is 5.80. The van der Waals surface area contributed by atoms with E-state index in [9.17, 15) is 4.79 Å². The van der Waals surface area contributed by atoms with Crippen LogP contribution in [0, 0.1) is 5.92 Å². The molecule has 2 rings (SSSR count). The zero-order chi connectivity index (χ0) is 20.4. The third kappa shape index (κ3) is 7.56. The predicted octanol–water partition coefficient (Wildman–Crippen LogP) is 0.0624. The van der Waals surface area contributed by atoms with Gasteiger partial charge in [-0.3, -0.25) is 19.6 Å². The minimum absolute atomic E-state index is 0.0690. The molecule has 1 atom stereocenters. The summed E-state index contributed by atoms with van der Waals surface area (Å²) in [6, 6.07) is 0.608. The van der Waals surface area contributed by atoms with Gasteiger partial charge in [0.15, 0.2) is 5.96 Å². The van der Waals surface area contributed by atoms with Crippen molar-refractivity contribution in [2.45, 2.75) is 32.7 Å². The Labute approximate surface area is 170 Å². The van der Waals surface area contributed by atoms with Crippen LogP contribution in [0.15, 0.2) is 4.99 Å². The summed E-state index contributed by atoms with van der Waals surface area (Å²) < 4.78 is 4.96. The number of amides is 1. The number of aliphatic imine (C=N–C) groups is 1. The highest BCUT2D eigenvalue weighted by Gasteiger charge is 2.26. The molecule has 2 aliphatic heterocycles. The van der Waals surface area contributed by atoms with Crippen LogP contribution in [0.4, 0.5) is 0 Å². The second kappa shape index (κ2) is 12.2. The zero-order valence-electron chi connectivity index (χ0n) is 18.2. The highest BCUT2D eigenvalue weighted by Crippen LogP contribution is 2.18. The van der Waals surface area contributed by atoms with E-state index < -0.39 is 0 Å². The van der Waals surface area contributed by atoms with E-state index >= 15 is 0 Å². The number of rotatable bonds is 9. The van der Waals surface area contributed by atoms with Crippen molar-refractivity contribution in [3.05, 3.63) is 0 Å².